The Hall–Kier alpha value is -0.870. The molecule has 4 heteroatoms. The van der Waals surface area contributed by atoms with Gasteiger partial charge in [-0.3, -0.25) is 4.21 Å². The molecular weight excluding hydrogens is 270 g/mol. The quantitative estimate of drug-likeness (QED) is 0.876. The smallest absolute Gasteiger partial charge is 0.123 e. The van der Waals surface area contributed by atoms with Gasteiger partial charge in [0.05, 0.1) is 7.11 Å². The third kappa shape index (κ3) is 3.83. The summed E-state index contributed by atoms with van der Waals surface area (Å²) in [5.74, 6) is 1.54. The molecule has 1 aliphatic rings. The number of rotatable bonds is 6. The second-order valence-corrected chi connectivity index (χ2v) is 7.15. The largest absolute Gasteiger partial charge is 0.496 e. The zero-order chi connectivity index (χ0) is 14.4. The standard InChI is InChI=1S/C16H25NO2S/c1-17-15(14-10-6-7-11-16(14)19-2)12-20(18)13-8-4-3-5-9-13/h6-7,10-11,13,15,17H,3-5,8-9,12H2,1-2H3. The summed E-state index contributed by atoms with van der Waals surface area (Å²) in [6, 6.07) is 8.08. The SMILES string of the molecule is CNC(CS(=O)C1CCCCC1)c1ccccc1OC. The van der Waals surface area contributed by atoms with Crippen molar-refractivity contribution in [2.45, 2.75) is 43.4 Å². The van der Waals surface area contributed by atoms with Crippen molar-refractivity contribution in [3.63, 3.8) is 0 Å². The van der Waals surface area contributed by atoms with Crippen LogP contribution in [0.15, 0.2) is 24.3 Å². The fraction of sp³-hybridized carbons (Fsp3) is 0.625. The number of hydrogen-bond acceptors (Lipinski definition) is 3. The Morgan fingerprint density at radius 3 is 2.65 bits per heavy atom. The van der Waals surface area contributed by atoms with E-state index in [0.29, 0.717) is 11.0 Å². The molecular formula is C16H25NO2S. The van der Waals surface area contributed by atoms with Crippen LogP contribution in [0.5, 0.6) is 5.75 Å². The summed E-state index contributed by atoms with van der Waals surface area (Å²) in [6.07, 6.45) is 6.00. The fourth-order valence-electron chi connectivity index (χ4n) is 2.91. The molecule has 0 saturated heterocycles. The molecule has 0 amide bonds. The third-order valence-electron chi connectivity index (χ3n) is 4.12. The van der Waals surface area contributed by atoms with Gasteiger partial charge in [0.1, 0.15) is 5.75 Å². The predicted molar refractivity (Wildman–Crippen MR) is 84.7 cm³/mol. The molecule has 0 radical (unpaired) electrons. The molecule has 1 saturated carbocycles. The summed E-state index contributed by atoms with van der Waals surface area (Å²) in [5.41, 5.74) is 1.10. The van der Waals surface area contributed by atoms with Crippen molar-refractivity contribution >= 4 is 10.8 Å². The van der Waals surface area contributed by atoms with E-state index in [1.54, 1.807) is 7.11 Å². The zero-order valence-electron chi connectivity index (χ0n) is 12.4. The van der Waals surface area contributed by atoms with E-state index in [4.69, 9.17) is 4.74 Å². The number of benzene rings is 1. The Morgan fingerprint density at radius 1 is 1.30 bits per heavy atom. The fourth-order valence-corrected chi connectivity index (χ4v) is 4.72. The summed E-state index contributed by atoms with van der Waals surface area (Å²) in [7, 11) is 2.84. The number of nitrogens with one attached hydrogen (secondary N) is 1. The first-order chi connectivity index (χ1) is 9.76. The van der Waals surface area contributed by atoms with Crippen LogP contribution in [0, 0.1) is 0 Å². The Labute approximate surface area is 124 Å². The van der Waals surface area contributed by atoms with Crippen LogP contribution in [0.2, 0.25) is 0 Å². The van der Waals surface area contributed by atoms with Crippen LogP contribution in [0.25, 0.3) is 0 Å². The second-order valence-electron chi connectivity index (χ2n) is 5.39. The van der Waals surface area contributed by atoms with Crippen molar-refractivity contribution in [1.82, 2.24) is 5.32 Å². The summed E-state index contributed by atoms with van der Waals surface area (Å²) in [6.45, 7) is 0. The van der Waals surface area contributed by atoms with E-state index in [2.05, 4.69) is 11.4 Å². The lowest BCUT2D eigenvalue weighted by atomic mass is 10.0. The van der Waals surface area contributed by atoms with Gasteiger partial charge in [-0.05, 0) is 26.0 Å². The molecule has 0 aliphatic heterocycles. The molecule has 1 aliphatic carbocycles. The summed E-state index contributed by atoms with van der Waals surface area (Å²) in [4.78, 5) is 0. The molecule has 0 bridgehead atoms. The highest BCUT2D eigenvalue weighted by atomic mass is 32.2. The molecule has 0 aromatic heterocycles. The van der Waals surface area contributed by atoms with Gasteiger partial charge in [-0.15, -0.1) is 0 Å². The normalized spacial score (nSPS) is 19.5. The minimum atomic E-state index is -0.765. The average molecular weight is 295 g/mol. The van der Waals surface area contributed by atoms with E-state index in [0.717, 1.165) is 24.2 Å². The van der Waals surface area contributed by atoms with Crippen LogP contribution < -0.4 is 10.1 Å². The van der Waals surface area contributed by atoms with Gasteiger partial charge < -0.3 is 10.1 Å². The van der Waals surface area contributed by atoms with E-state index in [-0.39, 0.29) is 6.04 Å². The molecule has 2 rings (SSSR count). The number of methoxy groups -OCH3 is 1. The molecule has 112 valence electrons. The van der Waals surface area contributed by atoms with Crippen LogP contribution >= 0.6 is 0 Å². The molecule has 1 fully saturated rings. The van der Waals surface area contributed by atoms with Crippen molar-refractivity contribution in [1.29, 1.82) is 0 Å². The third-order valence-corrected chi connectivity index (χ3v) is 5.99. The zero-order valence-corrected chi connectivity index (χ0v) is 13.2. The number of para-hydroxylation sites is 1. The van der Waals surface area contributed by atoms with Gasteiger partial charge >= 0.3 is 0 Å². The van der Waals surface area contributed by atoms with Crippen molar-refractivity contribution in [3.8, 4) is 5.75 Å². The highest BCUT2D eigenvalue weighted by molar-refractivity contribution is 7.85. The molecule has 1 aromatic carbocycles. The molecule has 2 unspecified atom stereocenters. The maximum atomic E-state index is 12.6. The van der Waals surface area contributed by atoms with Crippen LogP contribution in [-0.4, -0.2) is 29.4 Å². The highest BCUT2D eigenvalue weighted by Crippen LogP contribution is 2.28. The maximum absolute atomic E-state index is 12.6. The number of ether oxygens (including phenoxy) is 1. The first-order valence-electron chi connectivity index (χ1n) is 7.43. The van der Waals surface area contributed by atoms with Crippen molar-refractivity contribution in [3.05, 3.63) is 29.8 Å². The Kier molecular flexibility index (Phi) is 6.05. The summed E-state index contributed by atoms with van der Waals surface area (Å²) in [5, 5.41) is 3.67. The van der Waals surface area contributed by atoms with Gasteiger partial charge in [-0.25, -0.2) is 0 Å². The lowest BCUT2D eigenvalue weighted by molar-refractivity contribution is 0.404. The topological polar surface area (TPSA) is 38.3 Å². The Morgan fingerprint density at radius 2 is 2.00 bits per heavy atom. The van der Waals surface area contributed by atoms with Gasteiger partial charge in [-0.2, -0.15) is 0 Å². The molecule has 3 nitrogen and oxygen atoms in total. The van der Waals surface area contributed by atoms with Crippen molar-refractivity contribution < 1.29 is 8.95 Å². The van der Waals surface area contributed by atoms with Crippen LogP contribution in [0.4, 0.5) is 0 Å². The first kappa shape index (κ1) is 15.5. The van der Waals surface area contributed by atoms with Crippen LogP contribution in [-0.2, 0) is 10.8 Å². The van der Waals surface area contributed by atoms with Crippen molar-refractivity contribution in [2.75, 3.05) is 19.9 Å². The lowest BCUT2D eigenvalue weighted by Crippen LogP contribution is -2.29. The Balaban J connectivity index is 2.06. The maximum Gasteiger partial charge on any atom is 0.123 e. The van der Waals surface area contributed by atoms with E-state index in [1.165, 1.54) is 19.3 Å². The molecule has 2 atom stereocenters. The number of hydrogen-bond donors (Lipinski definition) is 1. The lowest BCUT2D eigenvalue weighted by Gasteiger charge is -2.24. The summed E-state index contributed by atoms with van der Waals surface area (Å²) < 4.78 is 18.0. The Bertz CT molecular complexity index is 444. The van der Waals surface area contributed by atoms with Gasteiger partial charge in [-0.1, -0.05) is 37.5 Å². The van der Waals surface area contributed by atoms with Crippen LogP contribution in [0.3, 0.4) is 0 Å². The van der Waals surface area contributed by atoms with E-state index < -0.39 is 10.8 Å². The van der Waals surface area contributed by atoms with E-state index in [1.807, 2.05) is 25.2 Å². The van der Waals surface area contributed by atoms with Crippen LogP contribution in [0.1, 0.15) is 43.7 Å². The molecule has 0 heterocycles. The highest BCUT2D eigenvalue weighted by Gasteiger charge is 2.24. The second kappa shape index (κ2) is 7.79. The minimum absolute atomic E-state index is 0.0916. The van der Waals surface area contributed by atoms with Gasteiger partial charge in [0, 0.05) is 33.4 Å². The summed E-state index contributed by atoms with van der Waals surface area (Å²) >= 11 is 0. The van der Waals surface area contributed by atoms with E-state index in [9.17, 15) is 4.21 Å². The molecule has 1 aromatic rings. The molecule has 20 heavy (non-hydrogen) atoms. The minimum Gasteiger partial charge on any atom is -0.496 e. The van der Waals surface area contributed by atoms with Gasteiger partial charge in [0.15, 0.2) is 0 Å². The monoisotopic (exact) mass is 295 g/mol. The average Bonchev–Trinajstić information content (AvgIpc) is 2.53. The van der Waals surface area contributed by atoms with Crippen molar-refractivity contribution in [2.24, 2.45) is 0 Å². The molecule has 1 N–H and O–H groups in total. The van der Waals surface area contributed by atoms with E-state index >= 15 is 0 Å². The van der Waals surface area contributed by atoms with Gasteiger partial charge in [0.25, 0.3) is 0 Å². The predicted octanol–water partition coefficient (Wildman–Crippen LogP) is 3.04. The molecule has 0 spiro atoms. The van der Waals surface area contributed by atoms with Gasteiger partial charge in [0.2, 0.25) is 0 Å². The first-order valence-corrected chi connectivity index (χ1v) is 8.81.